The normalized spacial score (nSPS) is 11.0. The molecular weight excluding hydrogens is 268 g/mol. The van der Waals surface area contributed by atoms with Gasteiger partial charge in [0.15, 0.2) is 6.29 Å². The Morgan fingerprint density at radius 2 is 1.59 bits per heavy atom. The van der Waals surface area contributed by atoms with Crippen molar-refractivity contribution in [1.29, 1.82) is 0 Å². The highest BCUT2D eigenvalue weighted by molar-refractivity contribution is 5.99. The van der Waals surface area contributed by atoms with Crippen LogP contribution in [-0.2, 0) is 6.42 Å². The summed E-state index contributed by atoms with van der Waals surface area (Å²) < 4.78 is 0. The number of aldehydes is 1. The maximum Gasteiger partial charge on any atom is 0.150 e. The number of carbonyl (C=O) groups excluding carboxylic acids is 1. The molecule has 0 amide bonds. The van der Waals surface area contributed by atoms with Crippen molar-refractivity contribution in [2.45, 2.75) is 65.2 Å². The molecule has 0 saturated carbocycles. The van der Waals surface area contributed by atoms with Crippen LogP contribution in [0.15, 0.2) is 30.3 Å². The average molecular weight is 296 g/mol. The van der Waals surface area contributed by atoms with E-state index < -0.39 is 0 Å². The maximum absolute atomic E-state index is 11.2. The van der Waals surface area contributed by atoms with Crippen LogP contribution in [0.25, 0.3) is 10.8 Å². The van der Waals surface area contributed by atoms with Gasteiger partial charge in [0.25, 0.3) is 0 Å². The van der Waals surface area contributed by atoms with Crippen LogP contribution in [0, 0.1) is 6.92 Å². The van der Waals surface area contributed by atoms with Crippen LogP contribution in [0.4, 0.5) is 0 Å². The minimum absolute atomic E-state index is 0.807. The number of aryl methyl sites for hydroxylation is 2. The lowest BCUT2D eigenvalue weighted by atomic mass is 9.95. The van der Waals surface area contributed by atoms with Crippen LogP contribution < -0.4 is 0 Å². The fourth-order valence-corrected chi connectivity index (χ4v) is 3.14. The van der Waals surface area contributed by atoms with Gasteiger partial charge in [-0.15, -0.1) is 0 Å². The standard InChI is InChI=1S/C21H28O/c1-3-4-5-6-7-8-9-10-18-12-13-19(16-22)21-15-17(2)11-14-20(18)21/h11-16H,3-10H2,1-2H3. The summed E-state index contributed by atoms with van der Waals surface area (Å²) in [5, 5.41) is 2.36. The Hall–Kier alpha value is -1.63. The largest absolute Gasteiger partial charge is 0.298 e. The SMILES string of the molecule is CCCCCCCCCc1ccc(C=O)c2cc(C)ccc12. The molecule has 0 aromatic heterocycles. The van der Waals surface area contributed by atoms with Crippen LogP contribution in [0.2, 0.25) is 0 Å². The first kappa shape index (κ1) is 16.7. The summed E-state index contributed by atoms with van der Waals surface area (Å²) in [7, 11) is 0. The number of carbonyl (C=O) groups is 1. The summed E-state index contributed by atoms with van der Waals surface area (Å²) in [5.41, 5.74) is 3.40. The molecule has 0 fully saturated rings. The van der Waals surface area contributed by atoms with Gasteiger partial charge in [0.05, 0.1) is 0 Å². The zero-order valence-electron chi connectivity index (χ0n) is 14.0. The average Bonchev–Trinajstić information content (AvgIpc) is 2.53. The molecule has 0 bridgehead atoms. The van der Waals surface area contributed by atoms with E-state index >= 15 is 0 Å². The highest BCUT2D eigenvalue weighted by atomic mass is 16.1. The van der Waals surface area contributed by atoms with Gasteiger partial charge in [0.1, 0.15) is 0 Å². The summed E-state index contributed by atoms with van der Waals surface area (Å²) in [5.74, 6) is 0. The van der Waals surface area contributed by atoms with Crippen molar-refractivity contribution in [1.82, 2.24) is 0 Å². The van der Waals surface area contributed by atoms with E-state index in [-0.39, 0.29) is 0 Å². The van der Waals surface area contributed by atoms with Gasteiger partial charge in [-0.25, -0.2) is 0 Å². The second-order valence-corrected chi connectivity index (χ2v) is 6.35. The third kappa shape index (κ3) is 4.43. The lowest BCUT2D eigenvalue weighted by molar-refractivity contribution is 0.112. The van der Waals surface area contributed by atoms with Gasteiger partial charge in [-0.2, -0.15) is 0 Å². The van der Waals surface area contributed by atoms with Gasteiger partial charge in [-0.3, -0.25) is 4.79 Å². The molecule has 0 N–H and O–H groups in total. The second kappa shape index (κ2) is 8.73. The Morgan fingerprint density at radius 3 is 2.32 bits per heavy atom. The minimum atomic E-state index is 0.807. The predicted molar refractivity (Wildman–Crippen MR) is 95.8 cm³/mol. The van der Waals surface area contributed by atoms with E-state index in [1.807, 2.05) is 6.07 Å². The molecule has 0 saturated heterocycles. The molecule has 22 heavy (non-hydrogen) atoms. The van der Waals surface area contributed by atoms with Crippen LogP contribution in [-0.4, -0.2) is 6.29 Å². The minimum Gasteiger partial charge on any atom is -0.298 e. The summed E-state index contributed by atoms with van der Waals surface area (Å²) in [6.45, 7) is 4.34. The van der Waals surface area contributed by atoms with Crippen molar-refractivity contribution < 1.29 is 4.79 Å². The van der Waals surface area contributed by atoms with Crippen LogP contribution in [0.1, 0.15) is 73.4 Å². The molecule has 0 aliphatic heterocycles. The molecule has 2 aromatic rings. The molecule has 0 aliphatic rings. The van der Waals surface area contributed by atoms with Crippen molar-refractivity contribution in [3.05, 3.63) is 47.0 Å². The number of hydrogen-bond donors (Lipinski definition) is 0. The van der Waals surface area contributed by atoms with Crippen LogP contribution in [0.5, 0.6) is 0 Å². The summed E-state index contributed by atoms with van der Waals surface area (Å²) >= 11 is 0. The molecule has 0 aliphatic carbocycles. The van der Waals surface area contributed by atoms with Gasteiger partial charge in [-0.05, 0) is 36.1 Å². The van der Waals surface area contributed by atoms with Gasteiger partial charge in [0, 0.05) is 5.56 Å². The number of benzene rings is 2. The van der Waals surface area contributed by atoms with Gasteiger partial charge < -0.3 is 0 Å². The molecule has 1 nitrogen and oxygen atoms in total. The molecule has 0 unspecified atom stereocenters. The smallest absolute Gasteiger partial charge is 0.150 e. The molecule has 0 atom stereocenters. The van der Waals surface area contributed by atoms with E-state index in [1.54, 1.807) is 0 Å². The summed E-state index contributed by atoms with van der Waals surface area (Å²) in [6.07, 6.45) is 11.4. The van der Waals surface area contributed by atoms with Gasteiger partial charge >= 0.3 is 0 Å². The van der Waals surface area contributed by atoms with Gasteiger partial charge in [0.2, 0.25) is 0 Å². The molecule has 2 aromatic carbocycles. The Balaban J connectivity index is 1.98. The topological polar surface area (TPSA) is 17.1 Å². The lowest BCUT2D eigenvalue weighted by Gasteiger charge is -2.09. The van der Waals surface area contributed by atoms with E-state index in [0.717, 1.165) is 23.7 Å². The van der Waals surface area contributed by atoms with E-state index in [4.69, 9.17) is 0 Å². The number of hydrogen-bond acceptors (Lipinski definition) is 1. The first-order valence-corrected chi connectivity index (χ1v) is 8.73. The highest BCUT2D eigenvalue weighted by Crippen LogP contribution is 2.25. The highest BCUT2D eigenvalue weighted by Gasteiger charge is 2.06. The Morgan fingerprint density at radius 1 is 0.864 bits per heavy atom. The Kier molecular flexibility index (Phi) is 6.64. The molecule has 0 radical (unpaired) electrons. The molecule has 0 heterocycles. The second-order valence-electron chi connectivity index (χ2n) is 6.35. The zero-order chi connectivity index (χ0) is 15.8. The first-order chi connectivity index (χ1) is 10.8. The maximum atomic E-state index is 11.2. The molecule has 1 heteroatoms. The van der Waals surface area contributed by atoms with E-state index in [2.05, 4.69) is 38.1 Å². The van der Waals surface area contributed by atoms with Gasteiger partial charge in [-0.1, -0.05) is 81.3 Å². The van der Waals surface area contributed by atoms with Crippen molar-refractivity contribution in [3.63, 3.8) is 0 Å². The van der Waals surface area contributed by atoms with E-state index in [0.29, 0.717) is 0 Å². The quantitative estimate of drug-likeness (QED) is 0.394. The zero-order valence-corrected chi connectivity index (χ0v) is 14.0. The Bertz CT molecular complexity index is 613. The van der Waals surface area contributed by atoms with E-state index in [9.17, 15) is 4.79 Å². The monoisotopic (exact) mass is 296 g/mol. The number of unbranched alkanes of at least 4 members (excludes halogenated alkanes) is 6. The third-order valence-corrected chi connectivity index (χ3v) is 4.47. The molecule has 2 rings (SSSR count). The summed E-state index contributed by atoms with van der Waals surface area (Å²) in [4.78, 5) is 11.2. The third-order valence-electron chi connectivity index (χ3n) is 4.47. The molecule has 118 valence electrons. The molecular formula is C21H28O. The fraction of sp³-hybridized carbons (Fsp3) is 0.476. The van der Waals surface area contributed by atoms with Crippen LogP contribution >= 0.6 is 0 Å². The van der Waals surface area contributed by atoms with Crippen molar-refractivity contribution in [2.75, 3.05) is 0 Å². The lowest BCUT2D eigenvalue weighted by Crippen LogP contribution is -1.92. The van der Waals surface area contributed by atoms with Crippen molar-refractivity contribution in [2.24, 2.45) is 0 Å². The van der Waals surface area contributed by atoms with E-state index in [1.165, 1.54) is 61.5 Å². The van der Waals surface area contributed by atoms with Crippen molar-refractivity contribution >= 4 is 17.1 Å². The van der Waals surface area contributed by atoms with Crippen molar-refractivity contribution in [3.8, 4) is 0 Å². The molecule has 0 spiro atoms. The van der Waals surface area contributed by atoms with Crippen LogP contribution in [0.3, 0.4) is 0 Å². The summed E-state index contributed by atoms with van der Waals surface area (Å²) in [6, 6.07) is 10.6. The first-order valence-electron chi connectivity index (χ1n) is 8.73. The number of rotatable bonds is 9. The Labute approximate surface area is 134 Å². The predicted octanol–water partition coefficient (Wildman–Crippen LogP) is 6.25. The number of fused-ring (bicyclic) bond motifs is 1. The fourth-order valence-electron chi connectivity index (χ4n) is 3.14.